The number of rotatable bonds is 6. The van der Waals surface area contributed by atoms with Crippen molar-refractivity contribution in [1.82, 2.24) is 20.0 Å². The maximum Gasteiger partial charge on any atom is 0.226 e. The first-order chi connectivity index (χ1) is 15.0. The number of aromatic amines is 1. The van der Waals surface area contributed by atoms with E-state index in [0.29, 0.717) is 31.9 Å². The summed E-state index contributed by atoms with van der Waals surface area (Å²) < 4.78 is 18.8. The molecule has 1 atom stereocenters. The summed E-state index contributed by atoms with van der Waals surface area (Å²) in [5.41, 5.74) is 1.81. The number of likely N-dealkylation sites (tertiary alicyclic amines) is 2. The average molecular weight is 429 g/mol. The molecule has 2 aliphatic heterocycles. The summed E-state index contributed by atoms with van der Waals surface area (Å²) in [4.78, 5) is 28.5. The fourth-order valence-electron chi connectivity index (χ4n) is 4.53. The van der Waals surface area contributed by atoms with Crippen molar-refractivity contribution in [2.24, 2.45) is 5.92 Å². The van der Waals surface area contributed by atoms with E-state index in [2.05, 4.69) is 10.2 Å². The van der Waals surface area contributed by atoms with Crippen molar-refractivity contribution in [3.63, 3.8) is 0 Å². The molecule has 0 aliphatic carbocycles. The van der Waals surface area contributed by atoms with E-state index in [9.17, 15) is 14.0 Å². The summed E-state index contributed by atoms with van der Waals surface area (Å²) in [7, 11) is 0. The van der Waals surface area contributed by atoms with Gasteiger partial charge in [-0.15, -0.1) is 0 Å². The number of hydrogen-bond acceptors (Lipinski definition) is 4. The monoisotopic (exact) mass is 428 g/mol. The second-order valence-electron chi connectivity index (χ2n) is 8.34. The molecule has 0 unspecified atom stereocenters. The molecular formula is C23H29FN4O3. The van der Waals surface area contributed by atoms with E-state index >= 15 is 0 Å². The first kappa shape index (κ1) is 21.3. The topological polar surface area (TPSA) is 78.5 Å². The minimum absolute atomic E-state index is 0.00697. The van der Waals surface area contributed by atoms with Crippen LogP contribution in [0.1, 0.15) is 50.0 Å². The highest BCUT2D eigenvalue weighted by Gasteiger charge is 2.36. The predicted molar refractivity (Wildman–Crippen MR) is 113 cm³/mol. The van der Waals surface area contributed by atoms with Crippen LogP contribution in [0.5, 0.6) is 5.75 Å². The van der Waals surface area contributed by atoms with Crippen LogP contribution in [0.3, 0.4) is 0 Å². The van der Waals surface area contributed by atoms with Crippen molar-refractivity contribution in [1.29, 1.82) is 0 Å². The number of amides is 2. The van der Waals surface area contributed by atoms with Gasteiger partial charge in [-0.3, -0.25) is 14.7 Å². The predicted octanol–water partition coefficient (Wildman–Crippen LogP) is 3.09. The molecule has 0 radical (unpaired) electrons. The molecule has 2 aliphatic rings. The molecular weight excluding hydrogens is 399 g/mol. The van der Waals surface area contributed by atoms with Crippen molar-refractivity contribution in [2.75, 3.05) is 26.2 Å². The Kier molecular flexibility index (Phi) is 6.53. The number of hydrogen-bond donors (Lipinski definition) is 1. The van der Waals surface area contributed by atoms with Gasteiger partial charge in [0.15, 0.2) is 0 Å². The van der Waals surface area contributed by atoms with Crippen molar-refractivity contribution in [2.45, 2.75) is 45.1 Å². The first-order valence-electron chi connectivity index (χ1n) is 11.0. The minimum atomic E-state index is -0.320. The van der Waals surface area contributed by atoms with Gasteiger partial charge in [0, 0.05) is 50.7 Å². The van der Waals surface area contributed by atoms with Crippen LogP contribution in [0.25, 0.3) is 0 Å². The van der Waals surface area contributed by atoms with Gasteiger partial charge in [0.05, 0.1) is 18.3 Å². The van der Waals surface area contributed by atoms with E-state index in [0.717, 1.165) is 43.6 Å². The average Bonchev–Trinajstić information content (AvgIpc) is 3.43. The summed E-state index contributed by atoms with van der Waals surface area (Å²) >= 11 is 0. The van der Waals surface area contributed by atoms with Crippen LogP contribution in [-0.4, -0.2) is 58.1 Å². The molecule has 2 saturated heterocycles. The van der Waals surface area contributed by atoms with Gasteiger partial charge in [-0.2, -0.15) is 5.10 Å². The molecule has 3 heterocycles. The third-order valence-corrected chi connectivity index (χ3v) is 6.25. The van der Waals surface area contributed by atoms with Crippen molar-refractivity contribution in [3.05, 3.63) is 47.5 Å². The standard InChI is InChI=1S/C23H29FN4O3/c1-16(29)27-11-7-17(8-12-27)23(30)28-10-3-6-22(28)21-15-19(25-26-21)9-13-31-20-5-2-4-18(24)14-20/h2,4-5,14-15,17,22H,3,6-13H2,1H3,(H,25,26)/t22-/m1/s1. The van der Waals surface area contributed by atoms with Crippen molar-refractivity contribution >= 4 is 11.8 Å². The SMILES string of the molecule is CC(=O)N1CCC(C(=O)N2CCC[C@@H]2c2cc(CCOc3cccc(F)c3)[nH]n2)CC1. The molecule has 0 spiro atoms. The number of nitrogens with zero attached hydrogens (tertiary/aromatic N) is 3. The molecule has 2 fully saturated rings. The summed E-state index contributed by atoms with van der Waals surface area (Å²) in [5, 5.41) is 7.52. The zero-order valence-electron chi connectivity index (χ0n) is 17.8. The maximum absolute atomic E-state index is 13.2. The molecule has 2 amide bonds. The highest BCUT2D eigenvalue weighted by atomic mass is 19.1. The molecule has 1 N–H and O–H groups in total. The van der Waals surface area contributed by atoms with Crippen LogP contribution in [0, 0.1) is 11.7 Å². The van der Waals surface area contributed by atoms with E-state index in [4.69, 9.17) is 4.74 Å². The molecule has 1 aromatic heterocycles. The number of aromatic nitrogens is 2. The Bertz CT molecular complexity index is 923. The van der Waals surface area contributed by atoms with Crippen LogP contribution in [-0.2, 0) is 16.0 Å². The van der Waals surface area contributed by atoms with E-state index in [-0.39, 0.29) is 29.6 Å². The second-order valence-corrected chi connectivity index (χ2v) is 8.34. The molecule has 0 saturated carbocycles. The largest absolute Gasteiger partial charge is 0.493 e. The molecule has 7 nitrogen and oxygen atoms in total. The molecule has 0 bridgehead atoms. The lowest BCUT2D eigenvalue weighted by Crippen LogP contribution is -2.43. The van der Waals surface area contributed by atoms with Crippen molar-refractivity contribution < 1.29 is 18.7 Å². The zero-order chi connectivity index (χ0) is 21.8. The minimum Gasteiger partial charge on any atom is -0.493 e. The highest BCUT2D eigenvalue weighted by molar-refractivity contribution is 5.80. The summed E-state index contributed by atoms with van der Waals surface area (Å²) in [5.74, 6) is 0.428. The third kappa shape index (κ3) is 5.06. The lowest BCUT2D eigenvalue weighted by molar-refractivity contribution is -0.140. The second kappa shape index (κ2) is 9.49. The van der Waals surface area contributed by atoms with Gasteiger partial charge in [0.25, 0.3) is 0 Å². The van der Waals surface area contributed by atoms with Gasteiger partial charge >= 0.3 is 0 Å². The highest BCUT2D eigenvalue weighted by Crippen LogP contribution is 2.34. The zero-order valence-corrected chi connectivity index (χ0v) is 17.8. The fourth-order valence-corrected chi connectivity index (χ4v) is 4.53. The van der Waals surface area contributed by atoms with E-state index < -0.39 is 0 Å². The molecule has 2 aromatic rings. The van der Waals surface area contributed by atoms with Gasteiger partial charge in [-0.25, -0.2) is 4.39 Å². The van der Waals surface area contributed by atoms with Gasteiger partial charge in [-0.1, -0.05) is 6.07 Å². The van der Waals surface area contributed by atoms with E-state index in [1.54, 1.807) is 19.1 Å². The summed E-state index contributed by atoms with van der Waals surface area (Å²) in [6, 6.07) is 8.09. The number of ether oxygens (including phenoxy) is 1. The lowest BCUT2D eigenvalue weighted by atomic mass is 9.94. The third-order valence-electron chi connectivity index (χ3n) is 6.25. The van der Waals surface area contributed by atoms with Gasteiger partial charge < -0.3 is 14.5 Å². The molecule has 1 aromatic carbocycles. The Morgan fingerprint density at radius 1 is 1.19 bits per heavy atom. The van der Waals surface area contributed by atoms with E-state index in [1.807, 2.05) is 15.9 Å². The van der Waals surface area contributed by atoms with E-state index in [1.165, 1.54) is 12.1 Å². The van der Waals surface area contributed by atoms with Gasteiger partial charge in [0.2, 0.25) is 11.8 Å². The number of carbonyl (C=O) groups excluding carboxylic acids is 2. The lowest BCUT2D eigenvalue weighted by Gasteiger charge is -2.34. The Hall–Kier alpha value is -2.90. The maximum atomic E-state index is 13.2. The Morgan fingerprint density at radius 2 is 2.00 bits per heavy atom. The number of carbonyl (C=O) groups is 2. The van der Waals surface area contributed by atoms with Crippen LogP contribution in [0.15, 0.2) is 30.3 Å². The molecule has 166 valence electrons. The Morgan fingerprint density at radius 3 is 2.74 bits per heavy atom. The van der Waals surface area contributed by atoms with Crippen LogP contribution in [0.4, 0.5) is 4.39 Å². The molecule has 8 heteroatoms. The fraction of sp³-hybridized carbons (Fsp3) is 0.522. The smallest absolute Gasteiger partial charge is 0.226 e. The summed E-state index contributed by atoms with van der Waals surface area (Å²) in [6.07, 6.45) is 3.94. The van der Waals surface area contributed by atoms with Crippen LogP contribution >= 0.6 is 0 Å². The Labute approximate surface area is 181 Å². The number of benzene rings is 1. The quantitative estimate of drug-likeness (QED) is 0.767. The van der Waals surface area contributed by atoms with Gasteiger partial charge in [-0.05, 0) is 43.9 Å². The first-order valence-corrected chi connectivity index (χ1v) is 11.0. The number of nitrogens with one attached hydrogen (secondary N) is 1. The molecule has 4 rings (SSSR count). The number of piperidine rings is 1. The van der Waals surface area contributed by atoms with Crippen LogP contribution < -0.4 is 4.74 Å². The number of H-pyrrole nitrogens is 1. The van der Waals surface area contributed by atoms with Gasteiger partial charge in [0.1, 0.15) is 11.6 Å². The van der Waals surface area contributed by atoms with Crippen LogP contribution in [0.2, 0.25) is 0 Å². The molecule has 31 heavy (non-hydrogen) atoms. The number of halogens is 1. The van der Waals surface area contributed by atoms with Crippen molar-refractivity contribution in [3.8, 4) is 5.75 Å². The summed E-state index contributed by atoms with van der Waals surface area (Å²) in [6.45, 7) is 4.05. The normalized spacial score (nSPS) is 19.6. The Balaban J connectivity index is 1.32.